The summed E-state index contributed by atoms with van der Waals surface area (Å²) >= 11 is 6.15. The summed E-state index contributed by atoms with van der Waals surface area (Å²) in [6.45, 7) is 0. The van der Waals surface area contributed by atoms with E-state index in [1.165, 1.54) is 0 Å². The molecule has 0 aliphatic rings. The predicted molar refractivity (Wildman–Crippen MR) is 89.9 cm³/mol. The second-order valence-corrected chi connectivity index (χ2v) is 5.45. The molecule has 0 spiro atoms. The number of aromatic amines is 1. The van der Waals surface area contributed by atoms with Crippen molar-refractivity contribution in [1.82, 2.24) is 19.5 Å². The molecular formula is C17H11ClN4O. The van der Waals surface area contributed by atoms with E-state index < -0.39 is 0 Å². The fraction of sp³-hybridized carbons (Fsp3) is 0. The van der Waals surface area contributed by atoms with Gasteiger partial charge in [0.2, 0.25) is 0 Å². The van der Waals surface area contributed by atoms with E-state index in [1.807, 2.05) is 36.4 Å². The number of hydrogen-bond acceptors (Lipinski definition) is 3. The largest absolute Gasteiger partial charge is 0.353 e. The van der Waals surface area contributed by atoms with Gasteiger partial charge in [0, 0.05) is 22.8 Å². The van der Waals surface area contributed by atoms with Gasteiger partial charge < -0.3 is 4.98 Å². The number of hydrogen-bond donors (Lipinski definition) is 1. The molecule has 0 atom stereocenters. The third kappa shape index (κ3) is 2.31. The molecule has 4 rings (SSSR count). The summed E-state index contributed by atoms with van der Waals surface area (Å²) in [5, 5.41) is 1.35. The smallest absolute Gasteiger partial charge is 0.343 e. The summed E-state index contributed by atoms with van der Waals surface area (Å²) in [6, 6.07) is 14.7. The lowest BCUT2D eigenvalue weighted by Crippen LogP contribution is -2.22. The van der Waals surface area contributed by atoms with Crippen LogP contribution in [0.4, 0.5) is 0 Å². The quantitative estimate of drug-likeness (QED) is 0.615. The van der Waals surface area contributed by atoms with E-state index in [1.54, 1.807) is 29.1 Å². The number of rotatable bonds is 2. The minimum Gasteiger partial charge on any atom is -0.343 e. The normalized spacial score (nSPS) is 11.0. The van der Waals surface area contributed by atoms with E-state index in [0.717, 1.165) is 11.1 Å². The van der Waals surface area contributed by atoms with E-state index >= 15 is 0 Å². The summed E-state index contributed by atoms with van der Waals surface area (Å²) in [6.07, 6.45) is 3.32. The highest BCUT2D eigenvalue weighted by atomic mass is 35.5. The fourth-order valence-corrected chi connectivity index (χ4v) is 2.77. The molecule has 1 N–H and O–H groups in total. The molecule has 4 aromatic rings. The average molecular weight is 323 g/mol. The van der Waals surface area contributed by atoms with Gasteiger partial charge in [-0.05, 0) is 30.3 Å². The summed E-state index contributed by atoms with van der Waals surface area (Å²) in [5.74, 6) is 0.551. The van der Waals surface area contributed by atoms with Crippen molar-refractivity contribution in [3.8, 4) is 17.2 Å². The highest BCUT2D eigenvalue weighted by Crippen LogP contribution is 2.26. The van der Waals surface area contributed by atoms with Crippen LogP contribution in [0.1, 0.15) is 0 Å². The number of imidazole rings is 1. The van der Waals surface area contributed by atoms with Crippen LogP contribution in [0.2, 0.25) is 5.02 Å². The molecule has 5 nitrogen and oxygen atoms in total. The molecule has 2 aromatic carbocycles. The van der Waals surface area contributed by atoms with Gasteiger partial charge in [-0.3, -0.25) is 4.57 Å². The molecule has 0 aliphatic heterocycles. The first-order valence-corrected chi connectivity index (χ1v) is 7.39. The van der Waals surface area contributed by atoms with Crippen LogP contribution in [0, 0.1) is 0 Å². The molecule has 0 radical (unpaired) electrons. The second-order valence-electron chi connectivity index (χ2n) is 5.01. The number of benzene rings is 2. The second kappa shape index (κ2) is 5.37. The molecule has 2 heterocycles. The molecule has 0 aliphatic carbocycles. The lowest BCUT2D eigenvalue weighted by atomic mass is 10.1. The first-order chi connectivity index (χ1) is 11.2. The molecule has 0 unspecified atom stereocenters. The Kier molecular flexibility index (Phi) is 3.20. The number of aromatic nitrogens is 4. The first kappa shape index (κ1) is 13.7. The number of fused-ring (bicyclic) bond motifs is 1. The number of para-hydroxylation sites is 1. The first-order valence-electron chi connectivity index (χ1n) is 7.01. The highest BCUT2D eigenvalue weighted by molar-refractivity contribution is 6.31. The molecule has 0 saturated heterocycles. The third-order valence-electron chi connectivity index (χ3n) is 3.59. The predicted octanol–water partition coefficient (Wildman–Crippen LogP) is 3.43. The summed E-state index contributed by atoms with van der Waals surface area (Å²) < 4.78 is 1.55. The number of halogens is 1. The van der Waals surface area contributed by atoms with Gasteiger partial charge in [0.05, 0.1) is 11.2 Å². The molecule has 6 heteroatoms. The average Bonchev–Trinajstić information content (AvgIpc) is 3.09. The Bertz CT molecular complexity index is 1040. The van der Waals surface area contributed by atoms with Crippen molar-refractivity contribution in [2.75, 3.05) is 0 Å². The lowest BCUT2D eigenvalue weighted by molar-refractivity contribution is 0.958. The maximum atomic E-state index is 12.6. The van der Waals surface area contributed by atoms with Gasteiger partial charge >= 0.3 is 5.69 Å². The van der Waals surface area contributed by atoms with E-state index in [9.17, 15) is 4.79 Å². The Hall–Kier alpha value is -2.92. The van der Waals surface area contributed by atoms with E-state index in [0.29, 0.717) is 22.1 Å². The molecule has 2 aromatic heterocycles. The van der Waals surface area contributed by atoms with Crippen LogP contribution < -0.4 is 5.69 Å². The zero-order chi connectivity index (χ0) is 15.8. The maximum Gasteiger partial charge on any atom is 0.353 e. The fourth-order valence-electron chi connectivity index (χ4n) is 2.60. The monoisotopic (exact) mass is 322 g/mol. The molecule has 112 valence electrons. The van der Waals surface area contributed by atoms with Crippen molar-refractivity contribution >= 4 is 22.5 Å². The Morgan fingerprint density at radius 2 is 1.91 bits per heavy atom. The van der Waals surface area contributed by atoms with Gasteiger partial charge in [-0.15, -0.1) is 0 Å². The van der Waals surface area contributed by atoms with E-state index in [4.69, 9.17) is 11.6 Å². The number of nitrogens with one attached hydrogen (secondary N) is 1. The van der Waals surface area contributed by atoms with Crippen LogP contribution in [0.3, 0.4) is 0 Å². The Balaban J connectivity index is 2.14. The summed E-state index contributed by atoms with van der Waals surface area (Å²) in [5.41, 5.74) is 1.56. The third-order valence-corrected chi connectivity index (χ3v) is 3.83. The van der Waals surface area contributed by atoms with Gasteiger partial charge in [-0.1, -0.05) is 29.8 Å². The van der Waals surface area contributed by atoms with Gasteiger partial charge in [0.1, 0.15) is 5.69 Å². The Labute approximate surface area is 136 Å². The molecule has 23 heavy (non-hydrogen) atoms. The van der Waals surface area contributed by atoms with Gasteiger partial charge in [0.25, 0.3) is 0 Å². The minimum atomic E-state index is -0.377. The zero-order valence-corrected chi connectivity index (χ0v) is 12.7. The van der Waals surface area contributed by atoms with Crippen LogP contribution in [0.25, 0.3) is 28.1 Å². The van der Waals surface area contributed by atoms with E-state index in [2.05, 4.69) is 15.0 Å². The molecular weight excluding hydrogens is 312 g/mol. The highest BCUT2D eigenvalue weighted by Gasteiger charge is 2.15. The molecule has 0 bridgehead atoms. The molecule has 0 fully saturated rings. The van der Waals surface area contributed by atoms with Crippen LogP contribution in [-0.4, -0.2) is 19.5 Å². The Morgan fingerprint density at radius 3 is 2.65 bits per heavy atom. The number of H-pyrrole nitrogens is 1. The van der Waals surface area contributed by atoms with Crippen molar-refractivity contribution < 1.29 is 0 Å². The molecule has 0 saturated carbocycles. The zero-order valence-electron chi connectivity index (χ0n) is 11.9. The standard InChI is InChI=1S/C17H11ClN4O/c18-11-6-7-13-14(10-11)22(12-4-2-1-3-5-12)17(23)21-15(13)16-19-8-9-20-16/h1-10H,(H,19,20). The van der Waals surface area contributed by atoms with Crippen molar-refractivity contribution in [1.29, 1.82) is 0 Å². The molecule has 0 amide bonds. The van der Waals surface area contributed by atoms with Crippen molar-refractivity contribution in [3.63, 3.8) is 0 Å². The van der Waals surface area contributed by atoms with Crippen molar-refractivity contribution in [2.45, 2.75) is 0 Å². The van der Waals surface area contributed by atoms with E-state index in [-0.39, 0.29) is 5.69 Å². The van der Waals surface area contributed by atoms with Crippen molar-refractivity contribution in [3.05, 3.63) is 76.4 Å². The van der Waals surface area contributed by atoms with Crippen LogP contribution in [0.15, 0.2) is 65.7 Å². The van der Waals surface area contributed by atoms with Gasteiger partial charge in [-0.25, -0.2) is 9.78 Å². The Morgan fingerprint density at radius 1 is 1.09 bits per heavy atom. The summed E-state index contributed by atoms with van der Waals surface area (Å²) in [4.78, 5) is 24.0. The van der Waals surface area contributed by atoms with Crippen LogP contribution >= 0.6 is 11.6 Å². The SMILES string of the molecule is O=c1nc(-c2ncc[nH]2)c2ccc(Cl)cc2n1-c1ccccc1. The lowest BCUT2D eigenvalue weighted by Gasteiger charge is -2.12. The maximum absolute atomic E-state index is 12.6. The van der Waals surface area contributed by atoms with Gasteiger partial charge in [0.15, 0.2) is 5.82 Å². The van der Waals surface area contributed by atoms with Gasteiger partial charge in [-0.2, -0.15) is 4.98 Å². The summed E-state index contributed by atoms with van der Waals surface area (Å²) in [7, 11) is 0. The number of nitrogens with zero attached hydrogens (tertiary/aromatic N) is 3. The van der Waals surface area contributed by atoms with Crippen LogP contribution in [-0.2, 0) is 0 Å². The topological polar surface area (TPSA) is 63.6 Å². The van der Waals surface area contributed by atoms with Crippen LogP contribution in [0.5, 0.6) is 0 Å². The minimum absolute atomic E-state index is 0.377. The van der Waals surface area contributed by atoms with Crippen molar-refractivity contribution in [2.24, 2.45) is 0 Å².